The van der Waals surface area contributed by atoms with Crippen LogP contribution in [0.3, 0.4) is 0 Å². The molecule has 6 nitrogen and oxygen atoms in total. The number of carbonyl (C=O) groups excluding carboxylic acids is 1. The molecule has 1 spiro atoms. The first kappa shape index (κ1) is 20.3. The molecule has 4 fully saturated rings. The third-order valence-electron chi connectivity index (χ3n) is 8.98. The fourth-order valence-corrected chi connectivity index (χ4v) is 7.35. The summed E-state index contributed by atoms with van der Waals surface area (Å²) < 4.78 is 17.4. The van der Waals surface area contributed by atoms with E-state index >= 15 is 0 Å². The van der Waals surface area contributed by atoms with E-state index in [1.54, 1.807) is 6.21 Å². The lowest BCUT2D eigenvalue weighted by atomic mass is 9.49. The molecule has 1 aliphatic heterocycles. The van der Waals surface area contributed by atoms with E-state index < -0.39 is 11.9 Å². The lowest BCUT2D eigenvalue weighted by molar-refractivity contribution is -0.240. The summed E-state index contributed by atoms with van der Waals surface area (Å²) in [4.78, 5) is 12.6. The number of aliphatic hydroxyl groups excluding tert-OH is 1. The average molecular weight is 394 g/mol. The van der Waals surface area contributed by atoms with Gasteiger partial charge in [-0.15, -0.1) is 0 Å². The first-order valence-corrected chi connectivity index (χ1v) is 10.9. The SMILES string of the molecule is COC(=O)[C@H]1C[C@@H](O)CC[C@]1(C)[C@H]1CC[C@@]2(C)[C@@H](CCC23OCCO3)[C@@H]1C=N. The molecule has 0 amide bonds. The maximum absolute atomic E-state index is 12.6. The van der Waals surface area contributed by atoms with Crippen molar-refractivity contribution in [1.82, 2.24) is 0 Å². The fourth-order valence-electron chi connectivity index (χ4n) is 7.35. The molecular weight excluding hydrogens is 358 g/mol. The van der Waals surface area contributed by atoms with E-state index in [4.69, 9.17) is 19.6 Å². The van der Waals surface area contributed by atoms with E-state index in [1.807, 2.05) is 0 Å². The van der Waals surface area contributed by atoms with Crippen LogP contribution in [0.15, 0.2) is 0 Å². The molecule has 2 N–H and O–H groups in total. The second kappa shape index (κ2) is 7.06. The van der Waals surface area contributed by atoms with Gasteiger partial charge in [0.2, 0.25) is 0 Å². The van der Waals surface area contributed by atoms with Crippen LogP contribution in [-0.2, 0) is 19.0 Å². The minimum absolute atomic E-state index is 0.0898. The van der Waals surface area contributed by atoms with Crippen LogP contribution in [0.1, 0.15) is 58.8 Å². The molecule has 28 heavy (non-hydrogen) atoms. The first-order valence-electron chi connectivity index (χ1n) is 10.9. The number of ether oxygens (including phenoxy) is 3. The molecule has 0 bridgehead atoms. The van der Waals surface area contributed by atoms with Crippen molar-refractivity contribution in [2.75, 3.05) is 20.3 Å². The number of methoxy groups -OCH3 is 1. The maximum Gasteiger partial charge on any atom is 0.309 e. The molecule has 3 saturated carbocycles. The van der Waals surface area contributed by atoms with E-state index in [2.05, 4.69) is 13.8 Å². The van der Waals surface area contributed by atoms with E-state index in [0.29, 0.717) is 32.0 Å². The predicted octanol–water partition coefficient (Wildman–Crippen LogP) is 3.16. The number of nitrogens with one attached hydrogen (secondary N) is 1. The fraction of sp³-hybridized carbons (Fsp3) is 0.909. The smallest absolute Gasteiger partial charge is 0.309 e. The number of carbonyl (C=O) groups is 1. The minimum Gasteiger partial charge on any atom is -0.469 e. The van der Waals surface area contributed by atoms with Gasteiger partial charge < -0.3 is 24.7 Å². The van der Waals surface area contributed by atoms with Crippen molar-refractivity contribution < 1.29 is 24.1 Å². The van der Waals surface area contributed by atoms with E-state index in [9.17, 15) is 9.90 Å². The summed E-state index contributed by atoms with van der Waals surface area (Å²) in [6.07, 6.45) is 6.97. The average Bonchev–Trinajstić information content (AvgIpc) is 3.29. The van der Waals surface area contributed by atoms with Crippen LogP contribution in [0, 0.1) is 39.9 Å². The van der Waals surface area contributed by atoms with Crippen molar-refractivity contribution in [1.29, 1.82) is 5.41 Å². The van der Waals surface area contributed by atoms with Crippen LogP contribution in [0.25, 0.3) is 0 Å². The lowest BCUT2D eigenvalue weighted by Crippen LogP contribution is -2.56. The van der Waals surface area contributed by atoms with Crippen LogP contribution in [0.2, 0.25) is 0 Å². The Labute approximate surface area is 167 Å². The zero-order chi connectivity index (χ0) is 20.2. The summed E-state index contributed by atoms with van der Waals surface area (Å²) in [7, 11) is 1.44. The number of rotatable bonds is 3. The predicted molar refractivity (Wildman–Crippen MR) is 104 cm³/mol. The topological polar surface area (TPSA) is 88.8 Å². The van der Waals surface area contributed by atoms with Gasteiger partial charge in [0, 0.05) is 17.8 Å². The highest BCUT2D eigenvalue weighted by Crippen LogP contribution is 2.66. The Hall–Kier alpha value is -0.980. The van der Waals surface area contributed by atoms with Crippen LogP contribution in [0.5, 0.6) is 0 Å². The highest BCUT2D eigenvalue weighted by Gasteiger charge is 2.66. The quantitative estimate of drug-likeness (QED) is 0.568. The Balaban J connectivity index is 1.66. The van der Waals surface area contributed by atoms with Gasteiger partial charge in [0.05, 0.1) is 32.3 Å². The molecule has 0 aromatic carbocycles. The van der Waals surface area contributed by atoms with Crippen molar-refractivity contribution in [2.24, 2.45) is 34.5 Å². The molecule has 0 aromatic rings. The lowest BCUT2D eigenvalue weighted by Gasteiger charge is -2.56. The van der Waals surface area contributed by atoms with Crippen molar-refractivity contribution in [3.8, 4) is 0 Å². The minimum atomic E-state index is -0.491. The van der Waals surface area contributed by atoms with Gasteiger partial charge in [-0.05, 0) is 62.0 Å². The summed E-state index contributed by atoms with van der Waals surface area (Å²) in [5.74, 6) is -0.371. The summed E-state index contributed by atoms with van der Waals surface area (Å²) >= 11 is 0. The molecule has 0 aromatic heterocycles. The van der Waals surface area contributed by atoms with Gasteiger partial charge >= 0.3 is 5.97 Å². The van der Waals surface area contributed by atoms with Gasteiger partial charge in [0.1, 0.15) is 0 Å². The Morgan fingerprint density at radius 3 is 2.43 bits per heavy atom. The van der Waals surface area contributed by atoms with E-state index in [0.717, 1.165) is 32.1 Å². The number of esters is 1. The standard InChI is InChI=1S/C22H35NO5/c1-20(7-4-14(24)12-18(20)19(25)26-3)16-5-8-21(2)17(15(16)13-23)6-9-22(21)27-10-11-28-22/h13-18,23-24H,4-12H2,1-3H3/t14-,15+,16-,17-,18+,20+,21-/m0/s1. The molecule has 158 valence electrons. The Bertz CT molecular complexity index is 632. The zero-order valence-corrected chi connectivity index (χ0v) is 17.4. The van der Waals surface area contributed by atoms with Crippen LogP contribution >= 0.6 is 0 Å². The molecule has 4 rings (SSSR count). The van der Waals surface area contributed by atoms with E-state index in [-0.39, 0.29) is 34.6 Å². The highest BCUT2D eigenvalue weighted by atomic mass is 16.7. The van der Waals surface area contributed by atoms with Crippen LogP contribution < -0.4 is 0 Å². The normalized spacial score (nSPS) is 47.6. The van der Waals surface area contributed by atoms with Crippen LogP contribution in [-0.4, -0.2) is 49.5 Å². The molecule has 1 saturated heterocycles. The Kier molecular flexibility index (Phi) is 5.12. The van der Waals surface area contributed by atoms with Gasteiger partial charge in [-0.1, -0.05) is 13.8 Å². The van der Waals surface area contributed by atoms with Gasteiger partial charge in [0.25, 0.3) is 0 Å². The first-order chi connectivity index (χ1) is 13.3. The number of hydrogen-bond donors (Lipinski definition) is 2. The molecule has 4 aliphatic rings. The molecule has 0 unspecified atom stereocenters. The molecule has 6 heteroatoms. The van der Waals surface area contributed by atoms with Gasteiger partial charge in [0.15, 0.2) is 5.79 Å². The monoisotopic (exact) mass is 393 g/mol. The second-order valence-corrected chi connectivity index (χ2v) is 9.91. The highest BCUT2D eigenvalue weighted by molar-refractivity contribution is 5.74. The number of fused-ring (bicyclic) bond motifs is 2. The molecule has 3 aliphatic carbocycles. The second-order valence-electron chi connectivity index (χ2n) is 9.91. The Morgan fingerprint density at radius 1 is 1.11 bits per heavy atom. The van der Waals surface area contributed by atoms with Crippen molar-refractivity contribution in [2.45, 2.75) is 70.7 Å². The summed E-state index contributed by atoms with van der Waals surface area (Å²) in [6, 6.07) is 0. The Morgan fingerprint density at radius 2 is 1.79 bits per heavy atom. The number of aliphatic hydroxyl groups is 1. The molecule has 0 radical (unpaired) electrons. The van der Waals surface area contributed by atoms with Gasteiger partial charge in [-0.2, -0.15) is 0 Å². The van der Waals surface area contributed by atoms with E-state index in [1.165, 1.54) is 7.11 Å². The number of hydrogen-bond acceptors (Lipinski definition) is 6. The molecule has 7 atom stereocenters. The molecular formula is C22H35NO5. The van der Waals surface area contributed by atoms with Gasteiger partial charge in [-0.25, -0.2) is 0 Å². The summed E-state index contributed by atoms with van der Waals surface area (Å²) in [5, 5.41) is 18.5. The summed E-state index contributed by atoms with van der Waals surface area (Å²) in [5.41, 5.74) is -0.351. The summed E-state index contributed by atoms with van der Waals surface area (Å²) in [6.45, 7) is 5.78. The third kappa shape index (κ3) is 2.71. The van der Waals surface area contributed by atoms with Crippen LogP contribution in [0.4, 0.5) is 0 Å². The van der Waals surface area contributed by atoms with Gasteiger partial charge in [-0.3, -0.25) is 4.79 Å². The van der Waals surface area contributed by atoms with Crippen molar-refractivity contribution in [3.05, 3.63) is 0 Å². The zero-order valence-electron chi connectivity index (χ0n) is 17.4. The third-order valence-corrected chi connectivity index (χ3v) is 8.98. The largest absolute Gasteiger partial charge is 0.469 e. The van der Waals surface area contributed by atoms with Crippen molar-refractivity contribution >= 4 is 12.2 Å². The maximum atomic E-state index is 12.6. The molecule has 1 heterocycles. The van der Waals surface area contributed by atoms with Crippen molar-refractivity contribution in [3.63, 3.8) is 0 Å².